The van der Waals surface area contributed by atoms with Crippen molar-refractivity contribution in [3.63, 3.8) is 0 Å². The van der Waals surface area contributed by atoms with E-state index in [9.17, 15) is 24.6 Å². The average Bonchev–Trinajstić information content (AvgIpc) is 3.60. The van der Waals surface area contributed by atoms with Gasteiger partial charge in [0.2, 0.25) is 5.91 Å². The molecule has 1 aliphatic carbocycles. The number of aliphatic hydroxyl groups is 2. The molecule has 1 aliphatic heterocycles. The van der Waals surface area contributed by atoms with E-state index >= 15 is 0 Å². The molecule has 1 unspecified atom stereocenters. The molecule has 3 heterocycles. The van der Waals surface area contributed by atoms with E-state index in [1.165, 1.54) is 6.20 Å². The molecule has 1 saturated carbocycles. The van der Waals surface area contributed by atoms with Crippen LogP contribution in [0.25, 0.3) is 11.0 Å². The number of nitrogens with zero attached hydrogens (tertiary/aromatic N) is 2. The van der Waals surface area contributed by atoms with E-state index in [1.807, 2.05) is 0 Å². The highest BCUT2D eigenvalue weighted by Crippen LogP contribution is 2.32. The van der Waals surface area contributed by atoms with Crippen LogP contribution in [0.2, 0.25) is 0 Å². The molecule has 5 N–H and O–H groups in total. The lowest BCUT2D eigenvalue weighted by Crippen LogP contribution is -2.37. The van der Waals surface area contributed by atoms with E-state index in [0.29, 0.717) is 44.6 Å². The number of unbranched alkanes of at least 4 members (excludes halogenated alkanes) is 3. The Morgan fingerprint density at radius 2 is 1.82 bits per heavy atom. The number of hydrogen-bond acceptors (Lipinski definition) is 9. The lowest BCUT2D eigenvalue weighted by Gasteiger charge is -2.27. The summed E-state index contributed by atoms with van der Waals surface area (Å²) in [6, 6.07) is 0. The number of aromatic nitrogens is 3. The third-order valence-electron chi connectivity index (χ3n) is 8.60. The number of fused-ring (bicyclic) bond motifs is 1. The summed E-state index contributed by atoms with van der Waals surface area (Å²) in [5.41, 5.74) is 0.0182. The SMILES string of the molecule is Cc1nc2c(c(C(=O)NCC3CCC(C(=O)NCCOCCOCCCCCCCl)CC3)cn2[C@H]2CC(O)[C@@H](CO)O2)c(=O)[nH]1. The summed E-state index contributed by atoms with van der Waals surface area (Å²) in [6.07, 6.45) is 6.83. The van der Waals surface area contributed by atoms with Crippen LogP contribution >= 0.6 is 11.6 Å². The van der Waals surface area contributed by atoms with E-state index < -0.39 is 29.9 Å². The van der Waals surface area contributed by atoms with Crippen molar-refractivity contribution in [1.82, 2.24) is 25.2 Å². The number of H-pyrrole nitrogens is 1. The number of hydrogen-bond donors (Lipinski definition) is 5. The summed E-state index contributed by atoms with van der Waals surface area (Å²) in [4.78, 5) is 45.9. The van der Waals surface area contributed by atoms with Crippen LogP contribution in [0.3, 0.4) is 0 Å². The molecule has 0 spiro atoms. The number of carbonyl (C=O) groups excluding carboxylic acids is 2. The van der Waals surface area contributed by atoms with E-state index in [2.05, 4.69) is 20.6 Å². The molecule has 4 rings (SSSR count). The Labute approximate surface area is 268 Å². The molecule has 2 fully saturated rings. The van der Waals surface area contributed by atoms with Gasteiger partial charge in [-0.25, -0.2) is 4.98 Å². The first kappa shape index (κ1) is 35.3. The lowest BCUT2D eigenvalue weighted by molar-refractivity contribution is -0.126. The standard InChI is InChI=1S/C31H48ClN5O8/c1-20-35-28-27(31(42)36-20)23(18-37(28)26-16-24(39)25(19-38)45-26)30(41)34-17-21-6-8-22(9-7-21)29(40)33-11-13-44-15-14-43-12-5-3-2-4-10-32/h18,21-22,24-26,38-39H,2-17,19H2,1H3,(H,33,40)(H,34,41)(H,35,36,42)/t21?,22?,24?,25-,26-/m1/s1. The van der Waals surface area contributed by atoms with E-state index in [0.717, 1.165) is 58.0 Å². The molecule has 0 bridgehead atoms. The molecule has 45 heavy (non-hydrogen) atoms. The van der Waals surface area contributed by atoms with Crippen molar-refractivity contribution in [2.75, 3.05) is 52.0 Å². The quantitative estimate of drug-likeness (QED) is 0.119. The maximum absolute atomic E-state index is 13.3. The second kappa shape index (κ2) is 18.0. The van der Waals surface area contributed by atoms with Crippen molar-refractivity contribution < 1.29 is 34.0 Å². The van der Waals surface area contributed by atoms with Gasteiger partial charge < -0.3 is 44.6 Å². The summed E-state index contributed by atoms with van der Waals surface area (Å²) in [5.74, 6) is 0.881. The Bertz CT molecular complexity index is 1290. The smallest absolute Gasteiger partial charge is 0.261 e. The number of amides is 2. The Hall–Kier alpha value is -2.55. The fourth-order valence-corrected chi connectivity index (χ4v) is 6.22. The minimum absolute atomic E-state index is 0.0341. The fourth-order valence-electron chi connectivity index (χ4n) is 6.03. The second-order valence-electron chi connectivity index (χ2n) is 12.0. The molecule has 13 nitrogen and oxygen atoms in total. The highest BCUT2D eigenvalue weighted by Gasteiger charge is 2.36. The molecular weight excluding hydrogens is 606 g/mol. The van der Waals surface area contributed by atoms with Gasteiger partial charge in [-0.15, -0.1) is 11.6 Å². The molecule has 2 amide bonds. The van der Waals surface area contributed by atoms with E-state index in [4.69, 9.17) is 25.8 Å². The Morgan fingerprint density at radius 1 is 1.09 bits per heavy atom. The second-order valence-corrected chi connectivity index (χ2v) is 12.3. The number of halogens is 1. The maximum atomic E-state index is 13.3. The Balaban J connectivity index is 1.17. The third kappa shape index (κ3) is 9.97. The zero-order valence-electron chi connectivity index (χ0n) is 26.1. The lowest BCUT2D eigenvalue weighted by atomic mass is 9.81. The number of aliphatic hydroxyl groups excluding tert-OH is 2. The molecular formula is C31H48ClN5O8. The van der Waals surface area contributed by atoms with Crippen LogP contribution in [0.15, 0.2) is 11.0 Å². The number of alkyl halides is 1. The summed E-state index contributed by atoms with van der Waals surface area (Å²) in [6.45, 7) is 4.40. The zero-order chi connectivity index (χ0) is 32.2. The molecule has 14 heteroatoms. The van der Waals surface area contributed by atoms with Crippen molar-refractivity contribution >= 4 is 34.4 Å². The first-order valence-electron chi connectivity index (χ1n) is 16.2. The van der Waals surface area contributed by atoms with Gasteiger partial charge in [-0.3, -0.25) is 14.4 Å². The van der Waals surface area contributed by atoms with Gasteiger partial charge in [0.15, 0.2) is 5.65 Å². The monoisotopic (exact) mass is 653 g/mol. The predicted octanol–water partition coefficient (Wildman–Crippen LogP) is 2.16. The first-order chi connectivity index (χ1) is 21.8. The van der Waals surface area contributed by atoms with Gasteiger partial charge >= 0.3 is 0 Å². The summed E-state index contributed by atoms with van der Waals surface area (Å²) in [5, 5.41) is 25.8. The highest BCUT2D eigenvalue weighted by atomic mass is 35.5. The number of aromatic amines is 1. The molecule has 2 aromatic heterocycles. The number of rotatable bonds is 18. The van der Waals surface area contributed by atoms with Crippen LogP contribution in [0, 0.1) is 18.8 Å². The highest BCUT2D eigenvalue weighted by molar-refractivity contribution is 6.17. The van der Waals surface area contributed by atoms with Crippen LogP contribution < -0.4 is 16.2 Å². The molecule has 252 valence electrons. The van der Waals surface area contributed by atoms with Crippen LogP contribution in [-0.4, -0.2) is 101 Å². The number of carbonyl (C=O) groups is 2. The van der Waals surface area contributed by atoms with E-state index in [-0.39, 0.29) is 47.4 Å². The largest absolute Gasteiger partial charge is 0.394 e. The molecule has 0 aromatic carbocycles. The fraction of sp³-hybridized carbons (Fsp3) is 0.742. The van der Waals surface area contributed by atoms with Gasteiger partial charge in [0.05, 0.1) is 43.5 Å². The third-order valence-corrected chi connectivity index (χ3v) is 8.87. The Morgan fingerprint density at radius 3 is 2.53 bits per heavy atom. The molecule has 0 radical (unpaired) electrons. The van der Waals surface area contributed by atoms with Gasteiger partial charge in [0.25, 0.3) is 11.5 Å². The van der Waals surface area contributed by atoms with Crippen molar-refractivity contribution in [3.05, 3.63) is 27.9 Å². The summed E-state index contributed by atoms with van der Waals surface area (Å²) < 4.78 is 18.5. The van der Waals surface area contributed by atoms with Gasteiger partial charge in [0, 0.05) is 44.1 Å². The molecule has 2 aliphatic rings. The molecule has 1 saturated heterocycles. The molecule has 2 aromatic rings. The van der Waals surface area contributed by atoms with Gasteiger partial charge in [0.1, 0.15) is 18.2 Å². The zero-order valence-corrected chi connectivity index (χ0v) is 26.9. The van der Waals surface area contributed by atoms with Crippen molar-refractivity contribution in [2.45, 2.75) is 83.1 Å². The minimum Gasteiger partial charge on any atom is -0.394 e. The van der Waals surface area contributed by atoms with Gasteiger partial charge in [-0.2, -0.15) is 0 Å². The van der Waals surface area contributed by atoms with Crippen LogP contribution in [0.4, 0.5) is 0 Å². The average molecular weight is 654 g/mol. The van der Waals surface area contributed by atoms with Gasteiger partial charge in [-0.1, -0.05) is 12.8 Å². The topological polar surface area (TPSA) is 177 Å². The maximum Gasteiger partial charge on any atom is 0.261 e. The molecule has 3 atom stereocenters. The first-order valence-corrected chi connectivity index (χ1v) is 16.7. The minimum atomic E-state index is -0.875. The van der Waals surface area contributed by atoms with Crippen molar-refractivity contribution in [2.24, 2.45) is 11.8 Å². The van der Waals surface area contributed by atoms with Crippen LogP contribution in [-0.2, 0) is 19.0 Å². The predicted molar refractivity (Wildman–Crippen MR) is 168 cm³/mol. The van der Waals surface area contributed by atoms with Crippen molar-refractivity contribution in [3.8, 4) is 0 Å². The Kier molecular flexibility index (Phi) is 14.1. The van der Waals surface area contributed by atoms with Crippen molar-refractivity contribution in [1.29, 1.82) is 0 Å². The van der Waals surface area contributed by atoms with Crippen LogP contribution in [0.5, 0.6) is 0 Å². The normalized spacial score (nSPS) is 23.4. The summed E-state index contributed by atoms with van der Waals surface area (Å²) in [7, 11) is 0. The number of aryl methyl sites for hydroxylation is 1. The van der Waals surface area contributed by atoms with Gasteiger partial charge in [-0.05, 0) is 51.4 Å². The number of nitrogens with one attached hydrogen (secondary N) is 3. The van der Waals surface area contributed by atoms with E-state index in [1.54, 1.807) is 11.5 Å². The summed E-state index contributed by atoms with van der Waals surface area (Å²) >= 11 is 5.67. The van der Waals surface area contributed by atoms with Crippen LogP contribution in [0.1, 0.15) is 80.2 Å². The number of ether oxygens (including phenoxy) is 3.